The molecule has 0 aromatic rings. The molecule has 0 rings (SSSR count). The Morgan fingerprint density at radius 2 is 1.88 bits per heavy atom. The molecule has 0 aromatic heterocycles. The summed E-state index contributed by atoms with van der Waals surface area (Å²) >= 11 is 1.81. The van der Waals surface area contributed by atoms with Crippen molar-refractivity contribution >= 4 is 17.7 Å². The van der Waals surface area contributed by atoms with Gasteiger partial charge in [-0.1, -0.05) is 13.8 Å². The molecule has 0 saturated carbocycles. The standard InChI is InChI=1S/C12H26N2OS/c1-6-9(3)13-12(15)10(4)14-11(7-2)8-16-5/h9-11,14H,6-8H2,1-5H3,(H,13,15). The van der Waals surface area contributed by atoms with E-state index in [1.807, 2.05) is 25.6 Å². The van der Waals surface area contributed by atoms with Crippen LogP contribution in [-0.2, 0) is 4.79 Å². The van der Waals surface area contributed by atoms with Gasteiger partial charge >= 0.3 is 0 Å². The molecule has 1 amide bonds. The molecule has 2 N–H and O–H groups in total. The van der Waals surface area contributed by atoms with Gasteiger partial charge in [0.05, 0.1) is 6.04 Å². The highest BCUT2D eigenvalue weighted by Crippen LogP contribution is 2.02. The van der Waals surface area contributed by atoms with Crippen molar-refractivity contribution in [3.8, 4) is 0 Å². The number of nitrogens with one attached hydrogen (secondary N) is 2. The Morgan fingerprint density at radius 1 is 1.25 bits per heavy atom. The van der Waals surface area contributed by atoms with Gasteiger partial charge in [-0.2, -0.15) is 11.8 Å². The topological polar surface area (TPSA) is 41.1 Å². The van der Waals surface area contributed by atoms with Crippen LogP contribution in [0, 0.1) is 0 Å². The van der Waals surface area contributed by atoms with E-state index in [0.717, 1.165) is 18.6 Å². The molecular formula is C12H26N2OS. The van der Waals surface area contributed by atoms with Crippen LogP contribution in [0.15, 0.2) is 0 Å². The van der Waals surface area contributed by atoms with Crippen LogP contribution < -0.4 is 10.6 Å². The maximum absolute atomic E-state index is 11.8. The molecular weight excluding hydrogens is 220 g/mol. The van der Waals surface area contributed by atoms with Gasteiger partial charge in [0.1, 0.15) is 0 Å². The summed E-state index contributed by atoms with van der Waals surface area (Å²) in [6.07, 6.45) is 4.12. The summed E-state index contributed by atoms with van der Waals surface area (Å²) in [6.45, 7) is 8.18. The van der Waals surface area contributed by atoms with Crippen molar-refractivity contribution in [1.82, 2.24) is 10.6 Å². The molecule has 0 bridgehead atoms. The summed E-state index contributed by atoms with van der Waals surface area (Å²) in [5.41, 5.74) is 0. The van der Waals surface area contributed by atoms with Crippen LogP contribution in [0.3, 0.4) is 0 Å². The average molecular weight is 246 g/mol. The zero-order valence-electron chi connectivity index (χ0n) is 11.2. The fourth-order valence-electron chi connectivity index (χ4n) is 1.38. The Kier molecular flexibility index (Phi) is 8.76. The second-order valence-corrected chi connectivity index (χ2v) is 5.18. The van der Waals surface area contributed by atoms with Gasteiger partial charge in [0.25, 0.3) is 0 Å². The van der Waals surface area contributed by atoms with Crippen LogP contribution in [-0.4, -0.2) is 36.0 Å². The maximum atomic E-state index is 11.8. The van der Waals surface area contributed by atoms with Crippen LogP contribution in [0.2, 0.25) is 0 Å². The van der Waals surface area contributed by atoms with Gasteiger partial charge < -0.3 is 10.6 Å². The average Bonchev–Trinajstić information content (AvgIpc) is 2.27. The van der Waals surface area contributed by atoms with E-state index in [2.05, 4.69) is 30.7 Å². The van der Waals surface area contributed by atoms with Crippen molar-refractivity contribution in [2.45, 2.75) is 58.7 Å². The summed E-state index contributed by atoms with van der Waals surface area (Å²) in [5.74, 6) is 1.16. The molecule has 96 valence electrons. The molecule has 0 aliphatic carbocycles. The molecule has 3 atom stereocenters. The van der Waals surface area contributed by atoms with Gasteiger partial charge in [-0.15, -0.1) is 0 Å². The minimum absolute atomic E-state index is 0.105. The maximum Gasteiger partial charge on any atom is 0.237 e. The third-order valence-corrected chi connectivity index (χ3v) is 3.48. The van der Waals surface area contributed by atoms with E-state index in [0.29, 0.717) is 6.04 Å². The molecule has 4 heteroatoms. The lowest BCUT2D eigenvalue weighted by molar-refractivity contribution is -0.123. The zero-order chi connectivity index (χ0) is 12.6. The van der Waals surface area contributed by atoms with E-state index < -0.39 is 0 Å². The van der Waals surface area contributed by atoms with Crippen LogP contribution in [0.25, 0.3) is 0 Å². The molecule has 3 nitrogen and oxygen atoms in total. The molecule has 0 radical (unpaired) electrons. The Hall–Kier alpha value is -0.220. The highest BCUT2D eigenvalue weighted by molar-refractivity contribution is 7.98. The van der Waals surface area contributed by atoms with Crippen molar-refractivity contribution in [3.63, 3.8) is 0 Å². The molecule has 0 aliphatic heterocycles. The summed E-state index contributed by atoms with van der Waals surface area (Å²) < 4.78 is 0. The van der Waals surface area contributed by atoms with Crippen molar-refractivity contribution in [3.05, 3.63) is 0 Å². The van der Waals surface area contributed by atoms with E-state index in [1.54, 1.807) is 0 Å². The molecule has 0 saturated heterocycles. The lowest BCUT2D eigenvalue weighted by Gasteiger charge is -2.22. The fraction of sp³-hybridized carbons (Fsp3) is 0.917. The van der Waals surface area contributed by atoms with Crippen molar-refractivity contribution in [2.24, 2.45) is 0 Å². The number of hydrogen-bond donors (Lipinski definition) is 2. The first-order chi connectivity index (χ1) is 7.54. The Bertz CT molecular complexity index is 199. The monoisotopic (exact) mass is 246 g/mol. The van der Waals surface area contributed by atoms with Gasteiger partial charge in [-0.3, -0.25) is 4.79 Å². The Morgan fingerprint density at radius 3 is 2.31 bits per heavy atom. The number of amides is 1. The smallest absolute Gasteiger partial charge is 0.237 e. The summed E-state index contributed by atoms with van der Waals surface area (Å²) in [4.78, 5) is 11.8. The lowest BCUT2D eigenvalue weighted by atomic mass is 10.2. The van der Waals surface area contributed by atoms with E-state index >= 15 is 0 Å². The normalized spacial score (nSPS) is 16.6. The number of hydrogen-bond acceptors (Lipinski definition) is 3. The van der Waals surface area contributed by atoms with Crippen LogP contribution in [0.4, 0.5) is 0 Å². The number of carbonyl (C=O) groups is 1. The first-order valence-corrected chi connectivity index (χ1v) is 7.49. The third-order valence-electron chi connectivity index (χ3n) is 2.74. The van der Waals surface area contributed by atoms with E-state index in [1.165, 1.54) is 0 Å². The second-order valence-electron chi connectivity index (χ2n) is 4.27. The number of thioether (sulfide) groups is 1. The molecule has 3 unspecified atom stereocenters. The van der Waals surface area contributed by atoms with Crippen LogP contribution in [0.1, 0.15) is 40.5 Å². The van der Waals surface area contributed by atoms with Gasteiger partial charge in [0.15, 0.2) is 0 Å². The lowest BCUT2D eigenvalue weighted by Crippen LogP contribution is -2.49. The van der Waals surface area contributed by atoms with Gasteiger partial charge in [-0.05, 0) is 32.9 Å². The highest BCUT2D eigenvalue weighted by atomic mass is 32.2. The van der Waals surface area contributed by atoms with Gasteiger partial charge in [0, 0.05) is 17.8 Å². The largest absolute Gasteiger partial charge is 0.352 e. The molecule has 0 heterocycles. The summed E-state index contributed by atoms with van der Waals surface area (Å²) in [6, 6.07) is 0.580. The van der Waals surface area contributed by atoms with Crippen LogP contribution in [0.5, 0.6) is 0 Å². The van der Waals surface area contributed by atoms with Gasteiger partial charge in [-0.25, -0.2) is 0 Å². The summed E-state index contributed by atoms with van der Waals surface area (Å²) in [7, 11) is 0. The first kappa shape index (κ1) is 15.8. The number of rotatable bonds is 8. The molecule has 0 fully saturated rings. The summed E-state index contributed by atoms with van der Waals surface area (Å²) in [5, 5.41) is 6.36. The zero-order valence-corrected chi connectivity index (χ0v) is 12.0. The molecule has 0 aliphatic rings. The van der Waals surface area contributed by atoms with E-state index in [4.69, 9.17) is 0 Å². The molecule has 0 aromatic carbocycles. The Balaban J connectivity index is 4.02. The second kappa shape index (κ2) is 8.88. The fourth-order valence-corrected chi connectivity index (χ4v) is 2.12. The SMILES string of the molecule is CCC(C)NC(=O)C(C)NC(CC)CSC. The first-order valence-electron chi connectivity index (χ1n) is 6.10. The van der Waals surface area contributed by atoms with E-state index in [9.17, 15) is 4.79 Å². The molecule has 0 spiro atoms. The molecule has 16 heavy (non-hydrogen) atoms. The number of carbonyl (C=O) groups excluding carboxylic acids is 1. The predicted molar refractivity (Wildman–Crippen MR) is 73.0 cm³/mol. The third kappa shape index (κ3) is 6.38. The van der Waals surface area contributed by atoms with Gasteiger partial charge in [0.2, 0.25) is 5.91 Å². The Labute approximate surface area is 104 Å². The van der Waals surface area contributed by atoms with Crippen molar-refractivity contribution < 1.29 is 4.79 Å². The highest BCUT2D eigenvalue weighted by Gasteiger charge is 2.17. The predicted octanol–water partition coefficient (Wildman–Crippen LogP) is 2.02. The van der Waals surface area contributed by atoms with Crippen LogP contribution >= 0.6 is 11.8 Å². The van der Waals surface area contributed by atoms with E-state index in [-0.39, 0.29) is 18.0 Å². The van der Waals surface area contributed by atoms with Crippen molar-refractivity contribution in [1.29, 1.82) is 0 Å². The minimum atomic E-state index is -0.105. The quantitative estimate of drug-likeness (QED) is 0.688. The van der Waals surface area contributed by atoms with Crippen molar-refractivity contribution in [2.75, 3.05) is 12.0 Å². The minimum Gasteiger partial charge on any atom is -0.352 e.